The summed E-state index contributed by atoms with van der Waals surface area (Å²) in [5.74, 6) is 0. The smallest absolute Gasteiger partial charge is 0.0720 e. The number of ether oxygens (including phenoxy) is 1. The lowest BCUT2D eigenvalue weighted by molar-refractivity contribution is -0.0118. The maximum absolute atomic E-state index is 9.42. The topological polar surface area (TPSA) is 29.5 Å². The second-order valence-corrected chi connectivity index (χ2v) is 5.16. The molecule has 0 atom stereocenters. The summed E-state index contributed by atoms with van der Waals surface area (Å²) >= 11 is 0. The minimum Gasteiger partial charge on any atom is -0.393 e. The van der Waals surface area contributed by atoms with Crippen LogP contribution in [0.4, 0.5) is 0 Å². The molecule has 0 aromatic heterocycles. The van der Waals surface area contributed by atoms with Crippen LogP contribution in [0.2, 0.25) is 0 Å². The predicted octanol–water partition coefficient (Wildman–Crippen LogP) is 3.12. The number of aryl methyl sites for hydroxylation is 2. The van der Waals surface area contributed by atoms with Gasteiger partial charge >= 0.3 is 0 Å². The van der Waals surface area contributed by atoms with Gasteiger partial charge in [0.05, 0.1) is 18.8 Å². The molecule has 2 heteroatoms. The van der Waals surface area contributed by atoms with E-state index in [1.165, 1.54) is 16.7 Å². The van der Waals surface area contributed by atoms with Gasteiger partial charge in [-0.2, -0.15) is 0 Å². The van der Waals surface area contributed by atoms with Gasteiger partial charge in [-0.3, -0.25) is 0 Å². The number of aliphatic hydroxyl groups excluding tert-OH is 1. The molecule has 0 amide bonds. The number of aliphatic hydroxyl groups is 1. The van der Waals surface area contributed by atoms with Crippen molar-refractivity contribution < 1.29 is 9.84 Å². The summed E-state index contributed by atoms with van der Waals surface area (Å²) in [6, 6.07) is 6.49. The maximum Gasteiger partial charge on any atom is 0.0720 e. The largest absolute Gasteiger partial charge is 0.393 e. The Labute approximate surface area is 104 Å². The van der Waals surface area contributed by atoms with E-state index in [9.17, 15) is 5.11 Å². The number of rotatable bonds is 3. The Bertz CT molecular complexity index is 365. The van der Waals surface area contributed by atoms with Crippen LogP contribution in [0.1, 0.15) is 42.4 Å². The van der Waals surface area contributed by atoms with Crippen LogP contribution in [0.5, 0.6) is 0 Å². The molecule has 1 aromatic rings. The van der Waals surface area contributed by atoms with Crippen LogP contribution in [0.25, 0.3) is 0 Å². The molecule has 0 radical (unpaired) electrons. The maximum atomic E-state index is 9.42. The fourth-order valence-corrected chi connectivity index (χ4v) is 2.32. The van der Waals surface area contributed by atoms with Gasteiger partial charge in [0.25, 0.3) is 0 Å². The van der Waals surface area contributed by atoms with Crippen LogP contribution < -0.4 is 0 Å². The normalized spacial score (nSPS) is 24.9. The quantitative estimate of drug-likeness (QED) is 0.870. The molecule has 0 bridgehead atoms. The molecule has 0 spiro atoms. The lowest BCUT2D eigenvalue weighted by Crippen LogP contribution is -2.24. The first-order chi connectivity index (χ1) is 8.15. The van der Waals surface area contributed by atoms with Gasteiger partial charge in [0.2, 0.25) is 0 Å². The molecule has 17 heavy (non-hydrogen) atoms. The molecule has 0 aliphatic heterocycles. The van der Waals surface area contributed by atoms with Crippen molar-refractivity contribution in [3.8, 4) is 0 Å². The molecule has 0 unspecified atom stereocenters. The van der Waals surface area contributed by atoms with Gasteiger partial charge in [0.15, 0.2) is 0 Å². The number of hydrogen-bond donors (Lipinski definition) is 1. The summed E-state index contributed by atoms with van der Waals surface area (Å²) in [6.07, 6.45) is 3.99. The second kappa shape index (κ2) is 5.65. The fourth-order valence-electron chi connectivity index (χ4n) is 2.32. The van der Waals surface area contributed by atoms with Crippen molar-refractivity contribution in [1.29, 1.82) is 0 Å². The Morgan fingerprint density at radius 3 is 2.47 bits per heavy atom. The first-order valence-electron chi connectivity index (χ1n) is 6.51. The summed E-state index contributed by atoms with van der Waals surface area (Å²) in [7, 11) is 0. The minimum absolute atomic E-state index is 0.100. The summed E-state index contributed by atoms with van der Waals surface area (Å²) in [5, 5.41) is 9.42. The van der Waals surface area contributed by atoms with Gasteiger partial charge < -0.3 is 9.84 Å². The molecule has 2 nitrogen and oxygen atoms in total. The molecule has 0 saturated heterocycles. The zero-order valence-corrected chi connectivity index (χ0v) is 10.8. The molecule has 1 aromatic carbocycles. The third-order valence-corrected chi connectivity index (χ3v) is 3.70. The predicted molar refractivity (Wildman–Crippen MR) is 69.0 cm³/mol. The average Bonchev–Trinajstić information content (AvgIpc) is 2.33. The van der Waals surface area contributed by atoms with Gasteiger partial charge in [0.1, 0.15) is 0 Å². The van der Waals surface area contributed by atoms with Crippen LogP contribution in [0.3, 0.4) is 0 Å². The average molecular weight is 234 g/mol. The molecule has 2 rings (SSSR count). The monoisotopic (exact) mass is 234 g/mol. The SMILES string of the molecule is Cc1ccc(COC2CCC(O)CC2)cc1C. The van der Waals surface area contributed by atoms with Crippen molar-refractivity contribution in [2.24, 2.45) is 0 Å². The zero-order chi connectivity index (χ0) is 12.3. The van der Waals surface area contributed by atoms with Gasteiger partial charge in [-0.25, -0.2) is 0 Å². The van der Waals surface area contributed by atoms with Crippen molar-refractivity contribution in [2.45, 2.75) is 58.3 Å². The van der Waals surface area contributed by atoms with Crippen molar-refractivity contribution in [2.75, 3.05) is 0 Å². The van der Waals surface area contributed by atoms with Crippen molar-refractivity contribution in [3.63, 3.8) is 0 Å². The van der Waals surface area contributed by atoms with Crippen LogP contribution in [0, 0.1) is 13.8 Å². The highest BCUT2D eigenvalue weighted by molar-refractivity contribution is 5.29. The molecular weight excluding hydrogens is 212 g/mol. The summed E-state index contributed by atoms with van der Waals surface area (Å²) < 4.78 is 5.90. The molecular formula is C15H22O2. The van der Waals surface area contributed by atoms with Crippen molar-refractivity contribution in [1.82, 2.24) is 0 Å². The fraction of sp³-hybridized carbons (Fsp3) is 0.600. The van der Waals surface area contributed by atoms with Gasteiger partial charge in [-0.1, -0.05) is 18.2 Å². The van der Waals surface area contributed by atoms with Crippen LogP contribution in [-0.4, -0.2) is 17.3 Å². The minimum atomic E-state index is -0.100. The number of benzene rings is 1. The highest BCUT2D eigenvalue weighted by Crippen LogP contribution is 2.22. The van der Waals surface area contributed by atoms with Crippen LogP contribution in [0.15, 0.2) is 18.2 Å². The molecule has 0 heterocycles. The molecule has 1 N–H and O–H groups in total. The van der Waals surface area contributed by atoms with E-state index in [2.05, 4.69) is 32.0 Å². The Morgan fingerprint density at radius 2 is 1.82 bits per heavy atom. The van der Waals surface area contributed by atoms with E-state index < -0.39 is 0 Å². The zero-order valence-electron chi connectivity index (χ0n) is 10.8. The molecule has 94 valence electrons. The van der Waals surface area contributed by atoms with Crippen LogP contribution in [-0.2, 0) is 11.3 Å². The summed E-state index contributed by atoms with van der Waals surface area (Å²) in [4.78, 5) is 0. The van der Waals surface area contributed by atoms with Gasteiger partial charge in [-0.05, 0) is 56.2 Å². The van der Waals surface area contributed by atoms with E-state index in [1.807, 2.05) is 0 Å². The lowest BCUT2D eigenvalue weighted by atomic mass is 9.95. The number of hydrogen-bond acceptors (Lipinski definition) is 2. The lowest BCUT2D eigenvalue weighted by Gasteiger charge is -2.25. The van der Waals surface area contributed by atoms with Crippen LogP contribution >= 0.6 is 0 Å². The van der Waals surface area contributed by atoms with E-state index in [-0.39, 0.29) is 6.10 Å². The first kappa shape index (κ1) is 12.6. The standard InChI is InChI=1S/C15H22O2/c1-11-3-4-13(9-12(11)2)10-17-15-7-5-14(16)6-8-15/h3-4,9,14-16H,5-8,10H2,1-2H3. The Balaban J connectivity index is 1.83. The highest BCUT2D eigenvalue weighted by atomic mass is 16.5. The third-order valence-electron chi connectivity index (χ3n) is 3.70. The Hall–Kier alpha value is -0.860. The van der Waals surface area contributed by atoms with E-state index in [1.54, 1.807) is 0 Å². The van der Waals surface area contributed by atoms with Crippen molar-refractivity contribution in [3.05, 3.63) is 34.9 Å². The summed E-state index contributed by atoms with van der Waals surface area (Å²) in [6.45, 7) is 4.96. The molecule has 1 saturated carbocycles. The van der Waals surface area contributed by atoms with Crippen molar-refractivity contribution >= 4 is 0 Å². The molecule has 1 aliphatic carbocycles. The van der Waals surface area contributed by atoms with E-state index in [0.29, 0.717) is 12.7 Å². The van der Waals surface area contributed by atoms with E-state index in [4.69, 9.17) is 4.74 Å². The second-order valence-electron chi connectivity index (χ2n) is 5.16. The molecule has 1 fully saturated rings. The Kier molecular flexibility index (Phi) is 4.19. The Morgan fingerprint density at radius 1 is 1.12 bits per heavy atom. The molecule has 1 aliphatic rings. The van der Waals surface area contributed by atoms with Gasteiger partial charge in [0, 0.05) is 0 Å². The first-order valence-corrected chi connectivity index (χ1v) is 6.51. The van der Waals surface area contributed by atoms with E-state index >= 15 is 0 Å². The van der Waals surface area contributed by atoms with E-state index in [0.717, 1.165) is 25.7 Å². The summed E-state index contributed by atoms with van der Waals surface area (Å²) in [5.41, 5.74) is 3.90. The third kappa shape index (κ3) is 3.55. The van der Waals surface area contributed by atoms with Gasteiger partial charge in [-0.15, -0.1) is 0 Å². The highest BCUT2D eigenvalue weighted by Gasteiger charge is 2.19.